The van der Waals surface area contributed by atoms with Gasteiger partial charge in [0.15, 0.2) is 0 Å². The number of halogens is 1. The van der Waals surface area contributed by atoms with Crippen LogP contribution in [0.5, 0.6) is 0 Å². The summed E-state index contributed by atoms with van der Waals surface area (Å²) in [5.74, 6) is -0.0944. The average molecular weight is 356 g/mol. The minimum atomic E-state index is -0.0944. The van der Waals surface area contributed by atoms with Gasteiger partial charge < -0.3 is 5.32 Å². The van der Waals surface area contributed by atoms with Gasteiger partial charge in [-0.3, -0.25) is 14.7 Å². The van der Waals surface area contributed by atoms with Crippen LogP contribution in [0.25, 0.3) is 6.08 Å². The summed E-state index contributed by atoms with van der Waals surface area (Å²) >= 11 is 6.15. The summed E-state index contributed by atoms with van der Waals surface area (Å²) in [4.78, 5) is 18.6. The van der Waals surface area contributed by atoms with E-state index in [2.05, 4.69) is 21.3 Å². The molecule has 1 fully saturated rings. The molecule has 4 nitrogen and oxygen atoms in total. The van der Waals surface area contributed by atoms with Gasteiger partial charge >= 0.3 is 0 Å². The van der Waals surface area contributed by atoms with E-state index in [1.165, 1.54) is 12.8 Å². The van der Waals surface area contributed by atoms with Crippen LogP contribution in [0.15, 0.2) is 54.9 Å². The lowest BCUT2D eigenvalue weighted by atomic mass is 10.1. The van der Waals surface area contributed by atoms with E-state index in [1.807, 2.05) is 30.3 Å². The molecule has 130 valence electrons. The molecule has 3 rings (SSSR count). The van der Waals surface area contributed by atoms with Crippen molar-refractivity contribution in [3.05, 3.63) is 71.0 Å². The molecule has 1 saturated heterocycles. The van der Waals surface area contributed by atoms with Gasteiger partial charge in [0.1, 0.15) is 0 Å². The van der Waals surface area contributed by atoms with E-state index in [0.29, 0.717) is 6.54 Å². The fraction of sp³-hybridized carbons (Fsp3) is 0.300. The molecule has 5 heteroatoms. The van der Waals surface area contributed by atoms with Crippen molar-refractivity contribution in [3.63, 3.8) is 0 Å². The maximum absolute atomic E-state index is 12.2. The van der Waals surface area contributed by atoms with Gasteiger partial charge in [-0.25, -0.2) is 0 Å². The van der Waals surface area contributed by atoms with Crippen LogP contribution < -0.4 is 5.32 Å². The van der Waals surface area contributed by atoms with Crippen LogP contribution in [0.3, 0.4) is 0 Å². The molecule has 1 unspecified atom stereocenters. The normalized spacial score (nSPS) is 16.2. The van der Waals surface area contributed by atoms with Gasteiger partial charge in [-0.05, 0) is 67.4 Å². The Morgan fingerprint density at radius 3 is 2.72 bits per heavy atom. The van der Waals surface area contributed by atoms with Gasteiger partial charge in [-0.1, -0.05) is 23.7 Å². The van der Waals surface area contributed by atoms with Gasteiger partial charge in [0, 0.05) is 30.0 Å². The molecule has 0 saturated carbocycles. The molecule has 25 heavy (non-hydrogen) atoms. The summed E-state index contributed by atoms with van der Waals surface area (Å²) in [7, 11) is 0. The Bertz CT molecular complexity index is 727. The number of carbonyl (C=O) groups excluding carboxylic acids is 1. The first kappa shape index (κ1) is 17.6. The Labute approximate surface area is 153 Å². The van der Waals surface area contributed by atoms with Crippen molar-refractivity contribution in [1.29, 1.82) is 0 Å². The quantitative estimate of drug-likeness (QED) is 0.803. The van der Waals surface area contributed by atoms with E-state index in [1.54, 1.807) is 24.5 Å². The van der Waals surface area contributed by atoms with Gasteiger partial charge in [-0.15, -0.1) is 0 Å². The summed E-state index contributed by atoms with van der Waals surface area (Å²) < 4.78 is 0. The molecule has 0 spiro atoms. The Morgan fingerprint density at radius 1 is 1.24 bits per heavy atom. The predicted molar refractivity (Wildman–Crippen MR) is 101 cm³/mol. The van der Waals surface area contributed by atoms with Gasteiger partial charge in [0.25, 0.3) is 0 Å². The van der Waals surface area contributed by atoms with E-state index in [4.69, 9.17) is 11.6 Å². The number of pyridine rings is 1. The summed E-state index contributed by atoms with van der Waals surface area (Å²) in [6.45, 7) is 2.68. The average Bonchev–Trinajstić information content (AvgIpc) is 3.15. The van der Waals surface area contributed by atoms with Crippen LogP contribution in [0.2, 0.25) is 5.02 Å². The number of benzene rings is 1. The van der Waals surface area contributed by atoms with E-state index < -0.39 is 0 Å². The third-order valence-corrected chi connectivity index (χ3v) is 4.65. The second kappa shape index (κ2) is 8.79. The molecule has 1 aromatic carbocycles. The SMILES string of the molecule is O=C(/C=C/c1ccncc1)NCC(c1cccc(Cl)c1)N1CCCC1. The van der Waals surface area contributed by atoms with Gasteiger partial charge in [0.2, 0.25) is 5.91 Å². The third kappa shape index (κ3) is 5.15. The molecule has 0 bridgehead atoms. The minimum Gasteiger partial charge on any atom is -0.351 e. The van der Waals surface area contributed by atoms with E-state index in [-0.39, 0.29) is 11.9 Å². The highest BCUT2D eigenvalue weighted by Crippen LogP contribution is 2.26. The number of nitrogens with one attached hydrogen (secondary N) is 1. The van der Waals surface area contributed by atoms with Crippen molar-refractivity contribution >= 4 is 23.6 Å². The molecule has 1 aliphatic rings. The summed E-state index contributed by atoms with van der Waals surface area (Å²) in [6.07, 6.45) is 9.18. The molecular weight excluding hydrogens is 334 g/mol. The Balaban J connectivity index is 1.64. The number of aromatic nitrogens is 1. The maximum atomic E-state index is 12.2. The fourth-order valence-electron chi connectivity index (χ4n) is 3.13. The second-order valence-electron chi connectivity index (χ2n) is 6.17. The molecule has 0 aliphatic carbocycles. The first-order chi connectivity index (χ1) is 12.2. The molecule has 1 N–H and O–H groups in total. The van der Waals surface area contributed by atoms with Crippen LogP contribution >= 0.6 is 11.6 Å². The zero-order chi connectivity index (χ0) is 17.5. The predicted octanol–water partition coefficient (Wildman–Crippen LogP) is 3.70. The Morgan fingerprint density at radius 2 is 2.00 bits per heavy atom. The van der Waals surface area contributed by atoms with Crippen molar-refractivity contribution in [2.75, 3.05) is 19.6 Å². The van der Waals surface area contributed by atoms with E-state index in [0.717, 1.165) is 29.2 Å². The van der Waals surface area contributed by atoms with Crippen molar-refractivity contribution in [1.82, 2.24) is 15.2 Å². The number of likely N-dealkylation sites (tertiary alicyclic amines) is 1. The largest absolute Gasteiger partial charge is 0.351 e. The first-order valence-corrected chi connectivity index (χ1v) is 8.95. The molecule has 1 aromatic heterocycles. The van der Waals surface area contributed by atoms with Crippen LogP contribution in [-0.4, -0.2) is 35.4 Å². The fourth-order valence-corrected chi connectivity index (χ4v) is 3.33. The van der Waals surface area contributed by atoms with Gasteiger partial charge in [0.05, 0.1) is 6.04 Å². The Hall–Kier alpha value is -2.17. The van der Waals surface area contributed by atoms with Gasteiger partial charge in [-0.2, -0.15) is 0 Å². The number of carbonyl (C=O) groups is 1. The van der Waals surface area contributed by atoms with Crippen molar-refractivity contribution in [3.8, 4) is 0 Å². The lowest BCUT2D eigenvalue weighted by Gasteiger charge is -2.28. The second-order valence-corrected chi connectivity index (χ2v) is 6.61. The number of hydrogen-bond acceptors (Lipinski definition) is 3. The minimum absolute atomic E-state index is 0.0944. The molecule has 1 amide bonds. The van der Waals surface area contributed by atoms with Crippen molar-refractivity contribution in [2.24, 2.45) is 0 Å². The molecule has 1 atom stereocenters. The highest BCUT2D eigenvalue weighted by atomic mass is 35.5. The molecule has 2 aromatic rings. The number of hydrogen-bond donors (Lipinski definition) is 1. The lowest BCUT2D eigenvalue weighted by Crippen LogP contribution is -2.36. The standard InChI is InChI=1S/C20H22ClN3O/c21-18-5-3-4-17(14-18)19(24-12-1-2-13-24)15-23-20(25)7-6-16-8-10-22-11-9-16/h3-11,14,19H,1-2,12-13,15H2,(H,23,25)/b7-6+. The number of nitrogens with zero attached hydrogens (tertiary/aromatic N) is 2. The van der Waals surface area contributed by atoms with E-state index >= 15 is 0 Å². The molecular formula is C20H22ClN3O. The van der Waals surface area contributed by atoms with Crippen LogP contribution in [0, 0.1) is 0 Å². The first-order valence-electron chi connectivity index (χ1n) is 8.58. The monoisotopic (exact) mass is 355 g/mol. The summed E-state index contributed by atoms with van der Waals surface area (Å²) in [5, 5.41) is 3.75. The van der Waals surface area contributed by atoms with Crippen LogP contribution in [0.4, 0.5) is 0 Å². The van der Waals surface area contributed by atoms with Crippen molar-refractivity contribution in [2.45, 2.75) is 18.9 Å². The summed E-state index contributed by atoms with van der Waals surface area (Å²) in [5.41, 5.74) is 2.10. The van der Waals surface area contributed by atoms with Crippen LogP contribution in [0.1, 0.15) is 30.0 Å². The van der Waals surface area contributed by atoms with Crippen LogP contribution in [-0.2, 0) is 4.79 Å². The number of amides is 1. The number of rotatable bonds is 6. The highest BCUT2D eigenvalue weighted by molar-refractivity contribution is 6.30. The molecule has 2 heterocycles. The Kier molecular flexibility index (Phi) is 6.20. The zero-order valence-electron chi connectivity index (χ0n) is 14.1. The maximum Gasteiger partial charge on any atom is 0.244 e. The third-order valence-electron chi connectivity index (χ3n) is 4.42. The smallest absolute Gasteiger partial charge is 0.244 e. The topological polar surface area (TPSA) is 45.2 Å². The molecule has 1 aliphatic heterocycles. The zero-order valence-corrected chi connectivity index (χ0v) is 14.8. The van der Waals surface area contributed by atoms with Crippen molar-refractivity contribution < 1.29 is 4.79 Å². The molecule has 0 radical (unpaired) electrons. The lowest BCUT2D eigenvalue weighted by molar-refractivity contribution is -0.116. The summed E-state index contributed by atoms with van der Waals surface area (Å²) in [6, 6.07) is 11.8. The van der Waals surface area contributed by atoms with E-state index in [9.17, 15) is 4.79 Å². The highest BCUT2D eigenvalue weighted by Gasteiger charge is 2.23.